The molecule has 1 unspecified atom stereocenters. The van der Waals surface area contributed by atoms with Gasteiger partial charge >= 0.3 is 6.61 Å². The summed E-state index contributed by atoms with van der Waals surface area (Å²) in [5, 5.41) is 7.82. The number of nitrogens with one attached hydrogen (secondary N) is 1. The molecule has 8 heteroatoms. The lowest BCUT2D eigenvalue weighted by atomic mass is 10.0. The van der Waals surface area contributed by atoms with Gasteiger partial charge in [-0.25, -0.2) is 0 Å². The molecule has 0 spiro atoms. The van der Waals surface area contributed by atoms with E-state index in [0.29, 0.717) is 6.42 Å². The zero-order valence-electron chi connectivity index (χ0n) is 10.8. The number of halogens is 2. The molecule has 0 fully saturated rings. The molecule has 0 saturated heterocycles. The maximum Gasteiger partial charge on any atom is 0.387 e. The van der Waals surface area contributed by atoms with Gasteiger partial charge in [0.15, 0.2) is 0 Å². The first-order valence-corrected chi connectivity index (χ1v) is 5.94. The van der Waals surface area contributed by atoms with Crippen molar-refractivity contribution >= 4 is 0 Å². The van der Waals surface area contributed by atoms with Gasteiger partial charge in [0.1, 0.15) is 5.75 Å². The smallest absolute Gasteiger partial charge is 0.387 e. The first kappa shape index (κ1) is 14.4. The van der Waals surface area contributed by atoms with Crippen molar-refractivity contribution in [2.75, 3.05) is 0 Å². The fourth-order valence-electron chi connectivity index (χ4n) is 1.85. The molecule has 2 aromatic rings. The number of nitrogens with two attached hydrogens (primary N) is 1. The number of rotatable bonds is 6. The average molecular weight is 283 g/mol. The summed E-state index contributed by atoms with van der Waals surface area (Å²) in [6.45, 7) is -2.83. The van der Waals surface area contributed by atoms with Gasteiger partial charge in [0.2, 0.25) is 0 Å². The van der Waals surface area contributed by atoms with E-state index in [1.807, 2.05) is 0 Å². The van der Waals surface area contributed by atoms with Crippen LogP contribution in [-0.2, 0) is 13.5 Å². The second-order valence-electron chi connectivity index (χ2n) is 4.25. The van der Waals surface area contributed by atoms with Crippen LogP contribution in [-0.4, -0.2) is 21.6 Å². The average Bonchev–Trinajstić information content (AvgIpc) is 2.82. The maximum absolute atomic E-state index is 12.1. The molecule has 0 aliphatic carbocycles. The van der Waals surface area contributed by atoms with Crippen molar-refractivity contribution < 1.29 is 13.5 Å². The van der Waals surface area contributed by atoms with E-state index in [4.69, 9.17) is 5.84 Å². The number of hydrogen-bond donors (Lipinski definition) is 2. The van der Waals surface area contributed by atoms with E-state index in [9.17, 15) is 8.78 Å². The Morgan fingerprint density at radius 3 is 2.55 bits per heavy atom. The van der Waals surface area contributed by atoms with Crippen molar-refractivity contribution in [2.45, 2.75) is 19.1 Å². The van der Waals surface area contributed by atoms with Crippen molar-refractivity contribution in [3.05, 3.63) is 41.7 Å². The van der Waals surface area contributed by atoms with Crippen molar-refractivity contribution in [1.82, 2.24) is 20.4 Å². The molecule has 0 bridgehead atoms. The number of hydrazine groups is 1. The molecule has 1 aromatic heterocycles. The zero-order valence-corrected chi connectivity index (χ0v) is 10.8. The van der Waals surface area contributed by atoms with Crippen LogP contribution in [0.3, 0.4) is 0 Å². The van der Waals surface area contributed by atoms with Gasteiger partial charge in [0.25, 0.3) is 0 Å². The van der Waals surface area contributed by atoms with Crippen molar-refractivity contribution in [2.24, 2.45) is 12.9 Å². The molecule has 0 radical (unpaired) electrons. The van der Waals surface area contributed by atoms with Crippen molar-refractivity contribution in [1.29, 1.82) is 0 Å². The van der Waals surface area contributed by atoms with Crippen LogP contribution in [0.4, 0.5) is 8.78 Å². The van der Waals surface area contributed by atoms with E-state index in [1.54, 1.807) is 30.1 Å². The predicted molar refractivity (Wildman–Crippen MR) is 67.8 cm³/mol. The summed E-state index contributed by atoms with van der Waals surface area (Å²) >= 11 is 0. The zero-order chi connectivity index (χ0) is 14.5. The predicted octanol–water partition coefficient (Wildman–Crippen LogP) is 1.16. The van der Waals surface area contributed by atoms with Crippen LogP contribution in [0, 0.1) is 0 Å². The summed E-state index contributed by atoms with van der Waals surface area (Å²) in [4.78, 5) is 0. The second-order valence-corrected chi connectivity index (χ2v) is 4.25. The Hall–Kier alpha value is -2.06. The highest BCUT2D eigenvalue weighted by Gasteiger charge is 2.13. The SMILES string of the molecule is Cn1cc(CC(NN)c2ccc(OC(F)F)cc2)nn1. The molecule has 0 aliphatic heterocycles. The molecule has 1 aromatic carbocycles. The molecule has 3 N–H and O–H groups in total. The van der Waals surface area contributed by atoms with Gasteiger partial charge in [0.05, 0.1) is 11.7 Å². The molecular weight excluding hydrogens is 268 g/mol. The second kappa shape index (κ2) is 6.40. The van der Waals surface area contributed by atoms with E-state index < -0.39 is 6.61 Å². The lowest BCUT2D eigenvalue weighted by molar-refractivity contribution is -0.0498. The molecule has 1 heterocycles. The van der Waals surface area contributed by atoms with Gasteiger partial charge in [-0.3, -0.25) is 16.0 Å². The number of benzene rings is 1. The highest BCUT2D eigenvalue weighted by atomic mass is 19.3. The van der Waals surface area contributed by atoms with Crippen LogP contribution in [0.1, 0.15) is 17.3 Å². The van der Waals surface area contributed by atoms with E-state index >= 15 is 0 Å². The molecule has 6 nitrogen and oxygen atoms in total. The Labute approximate surface area is 114 Å². The highest BCUT2D eigenvalue weighted by Crippen LogP contribution is 2.21. The summed E-state index contributed by atoms with van der Waals surface area (Å²) in [5.41, 5.74) is 4.30. The summed E-state index contributed by atoms with van der Waals surface area (Å²) in [7, 11) is 1.78. The number of aryl methyl sites for hydroxylation is 1. The minimum atomic E-state index is -2.83. The van der Waals surface area contributed by atoms with E-state index in [0.717, 1.165) is 11.3 Å². The normalized spacial score (nSPS) is 12.7. The lowest BCUT2D eigenvalue weighted by Gasteiger charge is -2.15. The van der Waals surface area contributed by atoms with E-state index in [1.165, 1.54) is 12.1 Å². The van der Waals surface area contributed by atoms with Crippen LogP contribution >= 0.6 is 0 Å². The number of alkyl halides is 2. The van der Waals surface area contributed by atoms with Gasteiger partial charge in [-0.1, -0.05) is 17.3 Å². The van der Waals surface area contributed by atoms with Gasteiger partial charge in [0, 0.05) is 19.7 Å². The molecule has 0 amide bonds. The topological polar surface area (TPSA) is 78.0 Å². The highest BCUT2D eigenvalue weighted by molar-refractivity contribution is 5.29. The third kappa shape index (κ3) is 3.72. The standard InChI is InChI=1S/C12H15F2N5O/c1-19-7-9(17-18-19)6-11(16-15)8-2-4-10(5-3-8)20-12(13)14/h2-5,7,11-12,16H,6,15H2,1H3. The van der Waals surface area contributed by atoms with Gasteiger partial charge in [-0.2, -0.15) is 8.78 Å². The number of ether oxygens (including phenoxy) is 1. The first-order valence-electron chi connectivity index (χ1n) is 5.94. The van der Waals surface area contributed by atoms with Crippen LogP contribution in [0.2, 0.25) is 0 Å². The Kier molecular flexibility index (Phi) is 4.59. The maximum atomic E-state index is 12.1. The third-order valence-electron chi connectivity index (χ3n) is 2.77. The fraction of sp³-hybridized carbons (Fsp3) is 0.333. The largest absolute Gasteiger partial charge is 0.435 e. The molecule has 0 aliphatic rings. The first-order chi connectivity index (χ1) is 9.58. The van der Waals surface area contributed by atoms with Crippen LogP contribution in [0.5, 0.6) is 5.75 Å². The Bertz CT molecular complexity index is 543. The molecule has 2 rings (SSSR count). The van der Waals surface area contributed by atoms with Gasteiger partial charge in [-0.15, -0.1) is 5.10 Å². The monoisotopic (exact) mass is 283 g/mol. The Balaban J connectivity index is 2.07. The van der Waals surface area contributed by atoms with E-state index in [-0.39, 0.29) is 11.8 Å². The minimum Gasteiger partial charge on any atom is -0.435 e. The molecular formula is C12H15F2N5O. The molecule has 108 valence electrons. The Morgan fingerprint density at radius 1 is 1.35 bits per heavy atom. The quantitative estimate of drug-likeness (QED) is 0.614. The number of nitrogens with zero attached hydrogens (tertiary/aromatic N) is 3. The third-order valence-corrected chi connectivity index (χ3v) is 2.77. The van der Waals surface area contributed by atoms with Crippen LogP contribution in [0.15, 0.2) is 30.5 Å². The summed E-state index contributed by atoms with van der Waals surface area (Å²) in [5.74, 6) is 5.63. The summed E-state index contributed by atoms with van der Waals surface area (Å²) < 4.78 is 30.0. The number of aromatic nitrogens is 3. The van der Waals surface area contributed by atoms with Crippen LogP contribution in [0.25, 0.3) is 0 Å². The Morgan fingerprint density at radius 2 is 2.05 bits per heavy atom. The minimum absolute atomic E-state index is 0.110. The summed E-state index contributed by atoms with van der Waals surface area (Å²) in [6.07, 6.45) is 2.33. The molecule has 0 saturated carbocycles. The van der Waals surface area contributed by atoms with Crippen molar-refractivity contribution in [3.8, 4) is 5.75 Å². The number of hydrogen-bond acceptors (Lipinski definition) is 5. The molecule has 20 heavy (non-hydrogen) atoms. The van der Waals surface area contributed by atoms with E-state index in [2.05, 4.69) is 20.5 Å². The van der Waals surface area contributed by atoms with Crippen LogP contribution < -0.4 is 16.0 Å². The lowest BCUT2D eigenvalue weighted by Crippen LogP contribution is -2.29. The fourth-order valence-corrected chi connectivity index (χ4v) is 1.85. The van der Waals surface area contributed by atoms with Crippen molar-refractivity contribution in [3.63, 3.8) is 0 Å². The van der Waals surface area contributed by atoms with Gasteiger partial charge in [-0.05, 0) is 17.7 Å². The summed E-state index contributed by atoms with van der Waals surface area (Å²) in [6, 6.07) is 6.12. The molecule has 1 atom stereocenters. The van der Waals surface area contributed by atoms with Gasteiger partial charge < -0.3 is 4.74 Å².